The third-order valence-corrected chi connectivity index (χ3v) is 3.17. The van der Waals surface area contributed by atoms with E-state index in [1.54, 1.807) is 0 Å². The summed E-state index contributed by atoms with van der Waals surface area (Å²) in [6, 6.07) is 0.738. The maximum atomic E-state index is 14.0. The molecule has 6 heteroatoms. The lowest BCUT2D eigenvalue weighted by Crippen LogP contribution is -2.33. The molecule has 0 aliphatic rings. The van der Waals surface area contributed by atoms with Crippen LogP contribution < -0.4 is 4.98 Å². The van der Waals surface area contributed by atoms with Gasteiger partial charge in [0.2, 0.25) is 0 Å². The van der Waals surface area contributed by atoms with Gasteiger partial charge in [0.25, 0.3) is 0 Å². The van der Waals surface area contributed by atoms with E-state index in [2.05, 4.69) is 4.98 Å². The van der Waals surface area contributed by atoms with Gasteiger partial charge in [-0.2, -0.15) is 0 Å². The Hall–Kier alpha value is -1.30. The Balaban J connectivity index is 3.31. The van der Waals surface area contributed by atoms with Gasteiger partial charge in [-0.25, -0.2) is 13.2 Å². The summed E-state index contributed by atoms with van der Waals surface area (Å²) < 4.78 is 40.9. The lowest BCUT2D eigenvalue weighted by molar-refractivity contribution is -0.116. The summed E-state index contributed by atoms with van der Waals surface area (Å²) in [7, 11) is -2.03. The van der Waals surface area contributed by atoms with E-state index in [9.17, 15) is 18.0 Å². The standard InChI is InChI=1S/C12H16F3NOSi/c1-7(17)5-8-6-9(13)11(15)12(10(8)14)16-18(2,3)4/h6,16H,5H2,1-4H3. The summed E-state index contributed by atoms with van der Waals surface area (Å²) in [5.41, 5.74) is -0.590. The molecule has 0 amide bonds. The molecule has 0 unspecified atom stereocenters. The highest BCUT2D eigenvalue weighted by Gasteiger charge is 2.23. The van der Waals surface area contributed by atoms with E-state index in [4.69, 9.17) is 0 Å². The number of benzene rings is 1. The molecular weight excluding hydrogens is 259 g/mol. The van der Waals surface area contributed by atoms with E-state index in [-0.39, 0.29) is 17.8 Å². The molecule has 0 heterocycles. The smallest absolute Gasteiger partial charge is 0.184 e. The Morgan fingerprint density at radius 1 is 1.22 bits per heavy atom. The van der Waals surface area contributed by atoms with Gasteiger partial charge in [0, 0.05) is 12.0 Å². The zero-order valence-corrected chi connectivity index (χ0v) is 11.8. The Kier molecular flexibility index (Phi) is 4.21. The second-order valence-corrected chi connectivity index (χ2v) is 10.0. The number of ketones is 1. The summed E-state index contributed by atoms with van der Waals surface area (Å²) in [4.78, 5) is 13.7. The van der Waals surface area contributed by atoms with Gasteiger partial charge in [-0.1, -0.05) is 19.6 Å². The molecule has 0 spiro atoms. The highest BCUT2D eigenvalue weighted by atomic mass is 28.3. The van der Waals surface area contributed by atoms with Gasteiger partial charge in [-0.15, -0.1) is 0 Å². The molecule has 0 radical (unpaired) electrons. The lowest BCUT2D eigenvalue weighted by atomic mass is 10.1. The Morgan fingerprint density at radius 3 is 2.22 bits per heavy atom. The fourth-order valence-corrected chi connectivity index (χ4v) is 2.51. The van der Waals surface area contributed by atoms with Crippen molar-refractivity contribution in [1.82, 2.24) is 0 Å². The van der Waals surface area contributed by atoms with E-state index >= 15 is 0 Å². The molecule has 18 heavy (non-hydrogen) atoms. The van der Waals surface area contributed by atoms with Gasteiger partial charge in [0.15, 0.2) is 17.5 Å². The van der Waals surface area contributed by atoms with Crippen LogP contribution in [0.2, 0.25) is 19.6 Å². The largest absolute Gasteiger partial charge is 0.406 e. The number of carbonyl (C=O) groups is 1. The van der Waals surface area contributed by atoms with Crippen LogP contribution in [0.3, 0.4) is 0 Å². The van der Waals surface area contributed by atoms with Gasteiger partial charge in [-0.05, 0) is 13.0 Å². The molecule has 1 aromatic rings. The van der Waals surface area contributed by atoms with Gasteiger partial charge >= 0.3 is 0 Å². The van der Waals surface area contributed by atoms with Crippen molar-refractivity contribution in [3.05, 3.63) is 29.1 Å². The Morgan fingerprint density at radius 2 is 1.78 bits per heavy atom. The molecule has 0 fully saturated rings. The summed E-state index contributed by atoms with van der Waals surface area (Å²) >= 11 is 0. The lowest BCUT2D eigenvalue weighted by Gasteiger charge is -2.21. The summed E-state index contributed by atoms with van der Waals surface area (Å²) in [5, 5.41) is 0. The fourth-order valence-electron chi connectivity index (χ4n) is 1.54. The van der Waals surface area contributed by atoms with Crippen LogP contribution in [-0.4, -0.2) is 14.0 Å². The van der Waals surface area contributed by atoms with Gasteiger partial charge in [0.05, 0.1) is 0 Å². The van der Waals surface area contributed by atoms with Crippen molar-refractivity contribution in [3.8, 4) is 0 Å². The molecule has 0 aromatic heterocycles. The number of carbonyl (C=O) groups excluding carboxylic acids is 1. The molecule has 1 aromatic carbocycles. The number of anilines is 1. The molecule has 0 aliphatic heterocycles. The molecule has 0 aliphatic carbocycles. The third-order valence-electron chi connectivity index (χ3n) is 2.17. The summed E-state index contributed by atoms with van der Waals surface area (Å²) in [5.74, 6) is -3.57. The van der Waals surface area contributed by atoms with Crippen molar-refractivity contribution in [1.29, 1.82) is 0 Å². The predicted octanol–water partition coefficient (Wildman–Crippen LogP) is 3.48. The van der Waals surface area contributed by atoms with Crippen molar-refractivity contribution in [3.63, 3.8) is 0 Å². The maximum Gasteiger partial charge on any atom is 0.184 e. The predicted molar refractivity (Wildman–Crippen MR) is 67.7 cm³/mol. The van der Waals surface area contributed by atoms with Crippen LogP contribution >= 0.6 is 0 Å². The van der Waals surface area contributed by atoms with Crippen molar-refractivity contribution in [2.45, 2.75) is 33.0 Å². The Labute approximate surface area is 105 Å². The topological polar surface area (TPSA) is 29.1 Å². The van der Waals surface area contributed by atoms with Crippen LogP contribution in [0.4, 0.5) is 18.9 Å². The molecule has 0 bridgehead atoms. The van der Waals surface area contributed by atoms with Crippen LogP contribution in [0, 0.1) is 17.5 Å². The minimum atomic E-state index is -2.03. The van der Waals surface area contributed by atoms with Gasteiger partial charge in [0.1, 0.15) is 19.7 Å². The van der Waals surface area contributed by atoms with Crippen LogP contribution in [0.5, 0.6) is 0 Å². The van der Waals surface area contributed by atoms with Gasteiger partial charge in [-0.3, -0.25) is 4.79 Å². The zero-order valence-electron chi connectivity index (χ0n) is 10.8. The molecular formula is C12H16F3NOSi. The first-order valence-corrected chi connectivity index (χ1v) is 9.06. The molecule has 0 atom stereocenters. The number of nitrogens with one attached hydrogen (secondary N) is 1. The van der Waals surface area contributed by atoms with E-state index in [0.717, 1.165) is 6.07 Å². The fraction of sp³-hybridized carbons (Fsp3) is 0.417. The van der Waals surface area contributed by atoms with E-state index in [1.807, 2.05) is 19.6 Å². The highest BCUT2D eigenvalue weighted by Crippen LogP contribution is 2.27. The number of hydrogen-bond donors (Lipinski definition) is 1. The minimum absolute atomic E-state index is 0.123. The first kappa shape index (κ1) is 14.8. The van der Waals surface area contributed by atoms with Crippen molar-refractivity contribution in [2.75, 3.05) is 4.98 Å². The SMILES string of the molecule is CC(=O)Cc1cc(F)c(F)c(N[Si](C)(C)C)c1F. The van der Waals surface area contributed by atoms with Crippen LogP contribution in [-0.2, 0) is 11.2 Å². The highest BCUT2D eigenvalue weighted by molar-refractivity contribution is 6.79. The number of Topliss-reactive ketones (excluding diaryl/α,β-unsaturated/α-hetero) is 1. The van der Waals surface area contributed by atoms with Crippen molar-refractivity contribution in [2.24, 2.45) is 0 Å². The van der Waals surface area contributed by atoms with Gasteiger partial charge < -0.3 is 4.98 Å². The van der Waals surface area contributed by atoms with E-state index in [0.29, 0.717) is 0 Å². The first-order chi connectivity index (χ1) is 8.11. The second kappa shape index (κ2) is 5.13. The molecule has 1 N–H and O–H groups in total. The number of hydrogen-bond acceptors (Lipinski definition) is 2. The first-order valence-electron chi connectivity index (χ1n) is 5.56. The van der Waals surface area contributed by atoms with Crippen LogP contribution in [0.15, 0.2) is 6.07 Å². The number of rotatable bonds is 4. The molecule has 2 nitrogen and oxygen atoms in total. The Bertz CT molecular complexity index is 483. The minimum Gasteiger partial charge on any atom is -0.406 e. The molecule has 100 valence electrons. The van der Waals surface area contributed by atoms with Crippen molar-refractivity contribution >= 4 is 19.7 Å². The second-order valence-electron chi connectivity index (χ2n) is 5.27. The van der Waals surface area contributed by atoms with Crippen molar-refractivity contribution < 1.29 is 18.0 Å². The monoisotopic (exact) mass is 275 g/mol. The van der Waals surface area contributed by atoms with Crippen LogP contribution in [0.25, 0.3) is 0 Å². The molecule has 1 rings (SSSR count). The molecule has 0 saturated carbocycles. The van der Waals surface area contributed by atoms with E-state index in [1.165, 1.54) is 6.92 Å². The third kappa shape index (κ3) is 3.59. The zero-order chi connectivity index (χ0) is 14.1. The number of halogens is 3. The summed E-state index contributed by atoms with van der Waals surface area (Å²) in [6.07, 6.45) is -0.247. The summed E-state index contributed by atoms with van der Waals surface area (Å²) in [6.45, 7) is 6.77. The average molecular weight is 275 g/mol. The van der Waals surface area contributed by atoms with Crippen LogP contribution in [0.1, 0.15) is 12.5 Å². The maximum absolute atomic E-state index is 14.0. The average Bonchev–Trinajstić information content (AvgIpc) is 2.19. The normalized spacial score (nSPS) is 11.5. The molecule has 0 saturated heterocycles. The quantitative estimate of drug-likeness (QED) is 0.673. The van der Waals surface area contributed by atoms with E-state index < -0.39 is 31.4 Å².